The number of carbonyl (C=O) groups is 1. The van der Waals surface area contributed by atoms with Crippen LogP contribution in [0, 0.1) is 0 Å². The molecule has 27 heavy (non-hydrogen) atoms. The first-order valence-electron chi connectivity index (χ1n) is 9.00. The number of nitrogens with one attached hydrogen (secondary N) is 1. The van der Waals surface area contributed by atoms with Crippen LogP contribution in [-0.4, -0.2) is 36.5 Å². The molecule has 0 unspecified atom stereocenters. The summed E-state index contributed by atoms with van der Waals surface area (Å²) in [7, 11) is 4.05. The summed E-state index contributed by atoms with van der Waals surface area (Å²) in [6, 6.07) is 14.2. The minimum absolute atomic E-state index is 0.0623. The quantitative estimate of drug-likeness (QED) is 0.649. The Morgan fingerprint density at radius 3 is 2.63 bits per heavy atom. The highest BCUT2D eigenvalue weighted by Gasteiger charge is 2.08. The second kappa shape index (κ2) is 9.28. The fraction of sp³-hybridized carbons (Fsp3) is 0.286. The second-order valence-electron chi connectivity index (χ2n) is 6.52. The van der Waals surface area contributed by atoms with Crippen molar-refractivity contribution in [1.82, 2.24) is 15.3 Å². The maximum absolute atomic E-state index is 12.1. The van der Waals surface area contributed by atoms with Gasteiger partial charge in [0.25, 0.3) is 0 Å². The summed E-state index contributed by atoms with van der Waals surface area (Å²) in [6.07, 6.45) is 3.69. The maximum Gasteiger partial charge on any atom is 0.220 e. The van der Waals surface area contributed by atoms with Crippen molar-refractivity contribution in [3.05, 3.63) is 65.3 Å². The minimum atomic E-state index is 0.0623. The van der Waals surface area contributed by atoms with E-state index in [1.807, 2.05) is 37.7 Å². The lowest BCUT2D eigenvalue weighted by atomic mass is 10.1. The van der Waals surface area contributed by atoms with Crippen molar-refractivity contribution in [2.24, 2.45) is 0 Å². The third-order valence-electron chi connectivity index (χ3n) is 4.23. The highest BCUT2D eigenvalue weighted by molar-refractivity contribution is 7.13. The van der Waals surface area contributed by atoms with Gasteiger partial charge in [-0.05, 0) is 42.7 Å². The van der Waals surface area contributed by atoms with Gasteiger partial charge in [-0.2, -0.15) is 0 Å². The number of nitrogens with zero attached hydrogens (tertiary/aromatic N) is 3. The maximum atomic E-state index is 12.1. The number of rotatable bonds is 8. The van der Waals surface area contributed by atoms with Gasteiger partial charge in [0.1, 0.15) is 5.01 Å². The Hall–Kier alpha value is -2.73. The SMILES string of the molecule is CN(C)c1ccc(CCNC(=O)CCc2csc(-c3ccccn3)n2)cc1. The molecule has 0 bridgehead atoms. The molecule has 3 rings (SSSR count). The van der Waals surface area contributed by atoms with Gasteiger partial charge in [-0.25, -0.2) is 4.98 Å². The van der Waals surface area contributed by atoms with Crippen LogP contribution in [0.3, 0.4) is 0 Å². The zero-order chi connectivity index (χ0) is 19.1. The third kappa shape index (κ3) is 5.62. The number of hydrogen-bond acceptors (Lipinski definition) is 5. The lowest BCUT2D eigenvalue weighted by Crippen LogP contribution is -2.25. The second-order valence-corrected chi connectivity index (χ2v) is 7.38. The predicted octanol–water partition coefficient (Wildman–Crippen LogP) is 3.56. The first kappa shape index (κ1) is 19.0. The van der Waals surface area contributed by atoms with E-state index in [4.69, 9.17) is 0 Å². The van der Waals surface area contributed by atoms with Crippen LogP contribution in [0.15, 0.2) is 54.0 Å². The highest BCUT2D eigenvalue weighted by atomic mass is 32.1. The molecule has 140 valence electrons. The van der Waals surface area contributed by atoms with Crippen molar-refractivity contribution < 1.29 is 4.79 Å². The number of hydrogen-bond donors (Lipinski definition) is 1. The summed E-state index contributed by atoms with van der Waals surface area (Å²) in [5.41, 5.74) is 4.21. The van der Waals surface area contributed by atoms with Gasteiger partial charge < -0.3 is 10.2 Å². The molecule has 1 aromatic carbocycles. The van der Waals surface area contributed by atoms with Crippen LogP contribution < -0.4 is 10.2 Å². The molecule has 0 aliphatic heterocycles. The van der Waals surface area contributed by atoms with Crippen LogP contribution in [-0.2, 0) is 17.6 Å². The van der Waals surface area contributed by atoms with Crippen molar-refractivity contribution in [2.75, 3.05) is 25.5 Å². The third-order valence-corrected chi connectivity index (χ3v) is 5.15. The Balaban J connectivity index is 1.40. The van der Waals surface area contributed by atoms with Gasteiger partial charge in [0.05, 0.1) is 11.4 Å². The smallest absolute Gasteiger partial charge is 0.220 e. The average Bonchev–Trinajstić information content (AvgIpc) is 3.16. The first-order chi connectivity index (χ1) is 13.1. The Kier molecular flexibility index (Phi) is 6.54. The number of aryl methyl sites for hydroxylation is 1. The molecule has 2 aromatic heterocycles. The lowest BCUT2D eigenvalue weighted by molar-refractivity contribution is -0.121. The molecule has 0 saturated carbocycles. The topological polar surface area (TPSA) is 58.1 Å². The van der Waals surface area contributed by atoms with Crippen molar-refractivity contribution >= 4 is 22.9 Å². The summed E-state index contributed by atoms with van der Waals surface area (Å²) in [5.74, 6) is 0.0623. The van der Waals surface area contributed by atoms with E-state index >= 15 is 0 Å². The van der Waals surface area contributed by atoms with Crippen LogP contribution in [0.25, 0.3) is 10.7 Å². The van der Waals surface area contributed by atoms with E-state index < -0.39 is 0 Å². The van der Waals surface area contributed by atoms with Crippen LogP contribution in [0.2, 0.25) is 0 Å². The van der Waals surface area contributed by atoms with Gasteiger partial charge in [0.2, 0.25) is 5.91 Å². The van der Waals surface area contributed by atoms with Gasteiger partial charge in [-0.3, -0.25) is 9.78 Å². The monoisotopic (exact) mass is 380 g/mol. The van der Waals surface area contributed by atoms with E-state index in [0.717, 1.165) is 22.8 Å². The molecule has 0 radical (unpaired) electrons. The molecular weight excluding hydrogens is 356 g/mol. The Labute approximate surface area is 164 Å². The molecule has 0 fully saturated rings. The van der Waals surface area contributed by atoms with E-state index in [1.165, 1.54) is 11.3 Å². The van der Waals surface area contributed by atoms with E-state index in [0.29, 0.717) is 19.4 Å². The fourth-order valence-corrected chi connectivity index (χ4v) is 3.50. The summed E-state index contributed by atoms with van der Waals surface area (Å²) in [5, 5.41) is 5.89. The van der Waals surface area contributed by atoms with Gasteiger partial charge in [0.15, 0.2) is 0 Å². The van der Waals surface area contributed by atoms with E-state index in [9.17, 15) is 4.79 Å². The minimum Gasteiger partial charge on any atom is -0.378 e. The zero-order valence-corrected chi connectivity index (χ0v) is 16.5. The summed E-state index contributed by atoms with van der Waals surface area (Å²) in [4.78, 5) is 23.0. The Morgan fingerprint density at radius 1 is 1.11 bits per heavy atom. The number of pyridine rings is 1. The van der Waals surface area contributed by atoms with Crippen molar-refractivity contribution in [3.8, 4) is 10.7 Å². The van der Waals surface area contributed by atoms with Gasteiger partial charge in [-0.1, -0.05) is 18.2 Å². The van der Waals surface area contributed by atoms with E-state index in [2.05, 4.69) is 44.5 Å². The van der Waals surface area contributed by atoms with Gasteiger partial charge in [0, 0.05) is 44.3 Å². The highest BCUT2D eigenvalue weighted by Crippen LogP contribution is 2.21. The molecule has 3 aromatic rings. The van der Waals surface area contributed by atoms with Crippen LogP contribution >= 0.6 is 11.3 Å². The van der Waals surface area contributed by atoms with Crippen molar-refractivity contribution in [1.29, 1.82) is 0 Å². The lowest BCUT2D eigenvalue weighted by Gasteiger charge is -2.12. The first-order valence-corrected chi connectivity index (χ1v) is 9.88. The van der Waals surface area contributed by atoms with Crippen LogP contribution in [0.4, 0.5) is 5.69 Å². The molecule has 0 spiro atoms. The van der Waals surface area contributed by atoms with Crippen molar-refractivity contribution in [3.63, 3.8) is 0 Å². The van der Waals surface area contributed by atoms with Crippen molar-refractivity contribution in [2.45, 2.75) is 19.3 Å². The van der Waals surface area contributed by atoms with Gasteiger partial charge in [-0.15, -0.1) is 11.3 Å². The molecule has 0 aliphatic rings. The normalized spacial score (nSPS) is 10.6. The Morgan fingerprint density at radius 2 is 1.93 bits per heavy atom. The number of anilines is 1. The standard InChI is InChI=1S/C21H24N4OS/c1-25(2)18-9-6-16(7-10-18)12-14-23-20(26)11-8-17-15-27-21(24-17)19-5-3-4-13-22-19/h3-7,9-10,13,15H,8,11-12,14H2,1-2H3,(H,23,26). The summed E-state index contributed by atoms with van der Waals surface area (Å²) < 4.78 is 0. The molecule has 0 saturated heterocycles. The number of thiazole rings is 1. The van der Waals surface area contributed by atoms with E-state index in [-0.39, 0.29) is 5.91 Å². The number of carbonyl (C=O) groups excluding carboxylic acids is 1. The largest absolute Gasteiger partial charge is 0.378 e. The molecule has 5 nitrogen and oxygen atoms in total. The number of benzene rings is 1. The predicted molar refractivity (Wildman–Crippen MR) is 111 cm³/mol. The molecule has 1 amide bonds. The molecule has 0 aliphatic carbocycles. The summed E-state index contributed by atoms with van der Waals surface area (Å²) >= 11 is 1.56. The molecule has 1 N–H and O–H groups in total. The fourth-order valence-electron chi connectivity index (χ4n) is 2.67. The average molecular weight is 381 g/mol. The molecule has 0 atom stereocenters. The van der Waals surface area contributed by atoms with Crippen LogP contribution in [0.5, 0.6) is 0 Å². The zero-order valence-electron chi connectivity index (χ0n) is 15.7. The number of amides is 1. The summed E-state index contributed by atoms with van der Waals surface area (Å²) in [6.45, 7) is 0.649. The molecule has 6 heteroatoms. The molecular formula is C21H24N4OS. The van der Waals surface area contributed by atoms with Gasteiger partial charge >= 0.3 is 0 Å². The number of aromatic nitrogens is 2. The van der Waals surface area contributed by atoms with E-state index in [1.54, 1.807) is 17.5 Å². The molecule has 2 heterocycles. The van der Waals surface area contributed by atoms with Crippen LogP contribution in [0.1, 0.15) is 17.7 Å². The Bertz CT molecular complexity index is 859.